The highest BCUT2D eigenvalue weighted by atomic mass is 35.5. The van der Waals surface area contributed by atoms with Gasteiger partial charge in [0.05, 0.1) is 11.8 Å². The molecule has 0 fully saturated rings. The molecule has 1 aromatic heterocycles. The third-order valence-corrected chi connectivity index (χ3v) is 6.07. The van der Waals surface area contributed by atoms with E-state index in [0.29, 0.717) is 16.9 Å². The molecule has 1 atom stereocenters. The zero-order chi connectivity index (χ0) is 23.6. The van der Waals surface area contributed by atoms with Crippen LogP contribution in [-0.4, -0.2) is 53.7 Å². The highest BCUT2D eigenvalue weighted by Crippen LogP contribution is 2.23. The van der Waals surface area contributed by atoms with E-state index in [2.05, 4.69) is 32.2 Å². The van der Waals surface area contributed by atoms with Crippen molar-refractivity contribution >= 4 is 35.1 Å². The Bertz CT molecular complexity index is 1020. The number of rotatable bonds is 11. The van der Waals surface area contributed by atoms with Crippen LogP contribution in [0, 0.1) is 0 Å². The molecule has 33 heavy (non-hydrogen) atoms. The Morgan fingerprint density at radius 1 is 1.03 bits per heavy atom. The molecule has 8 heteroatoms. The Morgan fingerprint density at radius 3 is 2.36 bits per heavy atom. The van der Waals surface area contributed by atoms with Crippen LogP contribution in [-0.2, 0) is 11.3 Å². The first-order chi connectivity index (χ1) is 15.9. The average Bonchev–Trinajstić information content (AvgIpc) is 2.81. The van der Waals surface area contributed by atoms with Crippen LogP contribution >= 0.6 is 23.4 Å². The van der Waals surface area contributed by atoms with Crippen molar-refractivity contribution in [2.45, 2.75) is 24.7 Å². The summed E-state index contributed by atoms with van der Waals surface area (Å²) in [6.45, 7) is 4.34. The molecule has 1 heterocycles. The van der Waals surface area contributed by atoms with Crippen molar-refractivity contribution in [3.05, 3.63) is 83.0 Å². The first kappa shape index (κ1) is 25.0. The van der Waals surface area contributed by atoms with Crippen LogP contribution in [0.15, 0.2) is 71.9 Å². The van der Waals surface area contributed by atoms with Gasteiger partial charge in [0.1, 0.15) is 11.0 Å². The Labute approximate surface area is 205 Å². The second-order valence-electron chi connectivity index (χ2n) is 8.03. The number of nitrogens with one attached hydrogen (secondary N) is 1. The quantitative estimate of drug-likeness (QED) is 0.243. The van der Waals surface area contributed by atoms with E-state index < -0.39 is 0 Å². The second-order valence-corrected chi connectivity index (χ2v) is 9.36. The highest BCUT2D eigenvalue weighted by molar-refractivity contribution is 7.99. The molecular weight excluding hydrogens is 454 g/mol. The van der Waals surface area contributed by atoms with Crippen molar-refractivity contribution in [3.63, 3.8) is 0 Å². The molecule has 174 valence electrons. The van der Waals surface area contributed by atoms with Crippen LogP contribution in [0.4, 0.5) is 5.82 Å². The van der Waals surface area contributed by atoms with Crippen molar-refractivity contribution in [3.8, 4) is 0 Å². The number of likely N-dealkylation sites (N-methyl/N-ethyl adjacent to an activating group) is 1. The van der Waals surface area contributed by atoms with Crippen LogP contribution in [0.1, 0.15) is 24.1 Å². The lowest BCUT2D eigenvalue weighted by molar-refractivity contribution is -0.119. The number of carbonyl (C=O) groups is 1. The zero-order valence-corrected chi connectivity index (χ0v) is 20.8. The molecule has 0 saturated carbocycles. The van der Waals surface area contributed by atoms with Gasteiger partial charge in [-0.15, -0.1) is 0 Å². The third kappa shape index (κ3) is 8.35. The minimum absolute atomic E-state index is 0.0671. The fraction of sp³-hybridized carbons (Fsp3) is 0.320. The van der Waals surface area contributed by atoms with Gasteiger partial charge in [0, 0.05) is 25.7 Å². The standard InChI is InChI=1S/C25H30ClN5OS/c1-19(21-12-8-5-9-13-21)27-24(32)18-33-25-28-22(26)16-23(29-25)31(15-14-30(2)3)17-20-10-6-4-7-11-20/h4-13,16,19H,14-15,17-18H2,1-3H3,(H,27,32). The predicted molar refractivity (Wildman–Crippen MR) is 137 cm³/mol. The van der Waals surface area contributed by atoms with E-state index in [-0.39, 0.29) is 17.7 Å². The number of amides is 1. The summed E-state index contributed by atoms with van der Waals surface area (Å²) >= 11 is 7.62. The number of anilines is 1. The maximum absolute atomic E-state index is 12.5. The topological polar surface area (TPSA) is 61.4 Å². The summed E-state index contributed by atoms with van der Waals surface area (Å²) < 4.78 is 0. The lowest BCUT2D eigenvalue weighted by Crippen LogP contribution is -2.32. The molecular formula is C25H30ClN5OS. The molecule has 0 aliphatic rings. The molecule has 3 aromatic rings. The molecule has 6 nitrogen and oxygen atoms in total. The van der Waals surface area contributed by atoms with Crippen molar-refractivity contribution in [1.82, 2.24) is 20.2 Å². The Morgan fingerprint density at radius 2 is 1.70 bits per heavy atom. The van der Waals surface area contributed by atoms with E-state index in [0.717, 1.165) is 24.5 Å². The van der Waals surface area contributed by atoms with Crippen LogP contribution in [0.25, 0.3) is 0 Å². The van der Waals surface area contributed by atoms with Gasteiger partial charge in [0.2, 0.25) is 5.91 Å². The number of halogens is 1. The molecule has 1 unspecified atom stereocenters. The fourth-order valence-corrected chi connectivity index (χ4v) is 4.14. The molecule has 1 amide bonds. The molecule has 2 aromatic carbocycles. The highest BCUT2D eigenvalue weighted by Gasteiger charge is 2.15. The van der Waals surface area contributed by atoms with Crippen LogP contribution in [0.5, 0.6) is 0 Å². The maximum Gasteiger partial charge on any atom is 0.230 e. The van der Waals surface area contributed by atoms with Gasteiger partial charge in [-0.2, -0.15) is 0 Å². The summed E-state index contributed by atoms with van der Waals surface area (Å²) in [4.78, 5) is 25.8. The van der Waals surface area contributed by atoms with Gasteiger partial charge in [-0.25, -0.2) is 9.97 Å². The first-order valence-electron chi connectivity index (χ1n) is 10.9. The van der Waals surface area contributed by atoms with Gasteiger partial charge >= 0.3 is 0 Å². The summed E-state index contributed by atoms with van der Waals surface area (Å²) in [5.41, 5.74) is 2.25. The van der Waals surface area contributed by atoms with E-state index in [9.17, 15) is 4.79 Å². The molecule has 0 bridgehead atoms. The summed E-state index contributed by atoms with van der Waals surface area (Å²) in [7, 11) is 4.09. The van der Waals surface area contributed by atoms with E-state index in [4.69, 9.17) is 16.6 Å². The molecule has 1 N–H and O–H groups in total. The SMILES string of the molecule is CC(NC(=O)CSc1nc(Cl)cc(N(CCN(C)C)Cc2ccccc2)n1)c1ccccc1. The van der Waals surface area contributed by atoms with Crippen molar-refractivity contribution in [1.29, 1.82) is 0 Å². The number of nitrogens with zero attached hydrogens (tertiary/aromatic N) is 4. The molecule has 3 rings (SSSR count). The normalized spacial score (nSPS) is 11.9. The summed E-state index contributed by atoms with van der Waals surface area (Å²) in [5, 5.41) is 3.87. The molecule has 0 aliphatic carbocycles. The Balaban J connectivity index is 1.67. The molecule has 0 radical (unpaired) electrons. The van der Waals surface area contributed by atoms with Crippen molar-refractivity contribution in [2.75, 3.05) is 37.8 Å². The maximum atomic E-state index is 12.5. The third-order valence-electron chi connectivity index (χ3n) is 5.03. The summed E-state index contributed by atoms with van der Waals surface area (Å²) in [6.07, 6.45) is 0. The van der Waals surface area contributed by atoms with Crippen molar-refractivity contribution in [2.24, 2.45) is 0 Å². The second kappa shape index (κ2) is 12.6. The van der Waals surface area contributed by atoms with Gasteiger partial charge in [-0.05, 0) is 32.1 Å². The molecule has 0 spiro atoms. The zero-order valence-electron chi connectivity index (χ0n) is 19.2. The number of hydrogen-bond acceptors (Lipinski definition) is 6. The smallest absolute Gasteiger partial charge is 0.230 e. The number of hydrogen-bond donors (Lipinski definition) is 1. The summed E-state index contributed by atoms with van der Waals surface area (Å²) in [6, 6.07) is 21.9. The lowest BCUT2D eigenvalue weighted by Gasteiger charge is -2.26. The van der Waals surface area contributed by atoms with Gasteiger partial charge in [-0.3, -0.25) is 4.79 Å². The lowest BCUT2D eigenvalue weighted by atomic mass is 10.1. The number of benzene rings is 2. The first-order valence-corrected chi connectivity index (χ1v) is 12.2. The van der Waals surface area contributed by atoms with E-state index in [1.165, 1.54) is 17.3 Å². The largest absolute Gasteiger partial charge is 0.351 e. The minimum atomic E-state index is -0.0739. The van der Waals surface area contributed by atoms with Gasteiger partial charge in [0.15, 0.2) is 5.16 Å². The molecule has 0 aliphatic heterocycles. The number of aromatic nitrogens is 2. The fourth-order valence-electron chi connectivity index (χ4n) is 3.25. The van der Waals surface area contributed by atoms with Crippen LogP contribution in [0.3, 0.4) is 0 Å². The minimum Gasteiger partial charge on any atom is -0.351 e. The van der Waals surface area contributed by atoms with Gasteiger partial charge in [-0.1, -0.05) is 84.0 Å². The van der Waals surface area contributed by atoms with E-state index in [1.54, 1.807) is 6.07 Å². The van der Waals surface area contributed by atoms with E-state index in [1.807, 2.05) is 69.6 Å². The Hall–Kier alpha value is -2.61. The van der Waals surface area contributed by atoms with E-state index >= 15 is 0 Å². The average molecular weight is 484 g/mol. The van der Waals surface area contributed by atoms with Crippen molar-refractivity contribution < 1.29 is 4.79 Å². The number of carbonyl (C=O) groups excluding carboxylic acids is 1. The van der Waals surface area contributed by atoms with Gasteiger partial charge in [0.25, 0.3) is 0 Å². The monoisotopic (exact) mass is 483 g/mol. The predicted octanol–water partition coefficient (Wildman–Crippen LogP) is 4.67. The number of thioether (sulfide) groups is 1. The van der Waals surface area contributed by atoms with Crippen LogP contribution in [0.2, 0.25) is 5.15 Å². The summed E-state index contributed by atoms with van der Waals surface area (Å²) in [5.74, 6) is 0.893. The molecule has 0 saturated heterocycles. The Kier molecular flexibility index (Phi) is 9.54. The van der Waals surface area contributed by atoms with Crippen LogP contribution < -0.4 is 10.2 Å². The van der Waals surface area contributed by atoms with Gasteiger partial charge < -0.3 is 15.1 Å².